The molecule has 0 unspecified atom stereocenters. The number of carbonyl (C=O) groups excluding carboxylic acids is 2. The molecule has 2 aromatic carbocycles. The first-order chi connectivity index (χ1) is 12.5. The van der Waals surface area contributed by atoms with Crippen molar-refractivity contribution in [1.29, 1.82) is 0 Å². The van der Waals surface area contributed by atoms with Gasteiger partial charge in [-0.1, -0.05) is 17.7 Å². The van der Waals surface area contributed by atoms with Gasteiger partial charge >= 0.3 is 0 Å². The highest BCUT2D eigenvalue weighted by molar-refractivity contribution is 7.80. The van der Waals surface area contributed by atoms with Crippen molar-refractivity contribution in [2.24, 2.45) is 10.9 Å². The highest BCUT2D eigenvalue weighted by Crippen LogP contribution is 2.22. The number of rotatable bonds is 4. The van der Waals surface area contributed by atoms with E-state index < -0.39 is 17.7 Å². The summed E-state index contributed by atoms with van der Waals surface area (Å²) in [5.41, 5.74) is 2.28. The third-order valence-corrected chi connectivity index (χ3v) is 4.22. The molecule has 0 aromatic heterocycles. The van der Waals surface area contributed by atoms with E-state index in [1.54, 1.807) is 43.5 Å². The molecule has 132 valence electrons. The molecular weight excluding hydrogens is 350 g/mol. The van der Waals surface area contributed by atoms with Crippen molar-refractivity contribution < 1.29 is 14.3 Å². The van der Waals surface area contributed by atoms with Crippen molar-refractivity contribution in [3.63, 3.8) is 0 Å². The highest BCUT2D eigenvalue weighted by atomic mass is 32.1. The number of methoxy groups -OCH3 is 1. The van der Waals surface area contributed by atoms with Gasteiger partial charge in [0.05, 0.1) is 18.5 Å². The van der Waals surface area contributed by atoms with Crippen LogP contribution < -0.4 is 15.0 Å². The Morgan fingerprint density at radius 1 is 1.12 bits per heavy atom. The first-order valence-electron chi connectivity index (χ1n) is 7.93. The molecule has 0 bridgehead atoms. The van der Waals surface area contributed by atoms with Gasteiger partial charge in [-0.2, -0.15) is 0 Å². The molecule has 1 aliphatic rings. The summed E-state index contributed by atoms with van der Waals surface area (Å²) >= 11 is 5.17. The molecule has 2 aromatic rings. The molecule has 1 fully saturated rings. The van der Waals surface area contributed by atoms with E-state index >= 15 is 0 Å². The molecule has 1 N–H and O–H groups in total. The maximum Gasteiger partial charge on any atom is 0.251 e. The second-order valence-electron chi connectivity index (χ2n) is 5.76. The third kappa shape index (κ3) is 3.62. The van der Waals surface area contributed by atoms with Crippen molar-refractivity contribution in [3.05, 3.63) is 54.1 Å². The monoisotopic (exact) mass is 367 g/mol. The summed E-state index contributed by atoms with van der Waals surface area (Å²) in [5, 5.41) is 2.63. The number of amides is 2. The van der Waals surface area contributed by atoms with E-state index in [0.717, 1.165) is 5.56 Å². The molecule has 0 spiro atoms. The topological polar surface area (TPSA) is 71.0 Å². The van der Waals surface area contributed by atoms with Gasteiger partial charge in [-0.3, -0.25) is 19.5 Å². The number of hydrogen-bond acceptors (Lipinski definition) is 5. The average molecular weight is 367 g/mol. The van der Waals surface area contributed by atoms with Gasteiger partial charge in [-0.25, -0.2) is 0 Å². The van der Waals surface area contributed by atoms with Gasteiger partial charge in [0, 0.05) is 6.21 Å². The molecule has 2 amide bonds. The lowest BCUT2D eigenvalue weighted by atomic mass is 10.1. The van der Waals surface area contributed by atoms with Crippen LogP contribution in [-0.4, -0.2) is 30.3 Å². The molecule has 7 heteroatoms. The van der Waals surface area contributed by atoms with Crippen molar-refractivity contribution in [2.75, 3.05) is 12.0 Å². The van der Waals surface area contributed by atoms with E-state index in [-0.39, 0.29) is 5.11 Å². The van der Waals surface area contributed by atoms with E-state index in [2.05, 4.69) is 10.3 Å². The average Bonchev–Trinajstić information content (AvgIpc) is 2.63. The largest absolute Gasteiger partial charge is 0.497 e. The molecule has 1 atom stereocenters. The van der Waals surface area contributed by atoms with Crippen molar-refractivity contribution in [3.8, 4) is 5.75 Å². The van der Waals surface area contributed by atoms with Gasteiger partial charge in [0.1, 0.15) is 5.75 Å². The van der Waals surface area contributed by atoms with Crippen LogP contribution in [0, 0.1) is 12.8 Å². The molecule has 1 aliphatic heterocycles. The van der Waals surface area contributed by atoms with Gasteiger partial charge in [0.25, 0.3) is 5.91 Å². The summed E-state index contributed by atoms with van der Waals surface area (Å²) in [6.07, 6.45) is 1.34. The van der Waals surface area contributed by atoms with Gasteiger partial charge < -0.3 is 10.1 Å². The summed E-state index contributed by atoms with van der Waals surface area (Å²) < 4.78 is 5.09. The predicted molar refractivity (Wildman–Crippen MR) is 104 cm³/mol. The van der Waals surface area contributed by atoms with Crippen LogP contribution in [0.3, 0.4) is 0 Å². The smallest absolute Gasteiger partial charge is 0.251 e. The van der Waals surface area contributed by atoms with Gasteiger partial charge in [0.15, 0.2) is 11.0 Å². The number of anilines is 1. The molecule has 0 radical (unpaired) electrons. The number of hydrogen-bond donors (Lipinski definition) is 1. The zero-order chi connectivity index (χ0) is 18.7. The zero-order valence-corrected chi connectivity index (χ0v) is 15.1. The van der Waals surface area contributed by atoms with Gasteiger partial charge in [-0.05, 0) is 55.5 Å². The lowest BCUT2D eigenvalue weighted by molar-refractivity contribution is -0.130. The summed E-state index contributed by atoms with van der Waals surface area (Å²) in [6.45, 7) is 1.95. The van der Waals surface area contributed by atoms with E-state index in [1.807, 2.05) is 19.1 Å². The number of benzene rings is 2. The lowest BCUT2D eigenvalue weighted by Crippen LogP contribution is -2.58. The van der Waals surface area contributed by atoms with Crippen LogP contribution in [0.4, 0.5) is 11.4 Å². The molecule has 26 heavy (non-hydrogen) atoms. The Balaban J connectivity index is 1.84. The molecule has 1 heterocycles. The van der Waals surface area contributed by atoms with Crippen molar-refractivity contribution in [1.82, 2.24) is 5.32 Å². The minimum absolute atomic E-state index is 0.0675. The Hall–Kier alpha value is -3.06. The van der Waals surface area contributed by atoms with Crippen molar-refractivity contribution >= 4 is 46.7 Å². The predicted octanol–water partition coefficient (Wildman–Crippen LogP) is 2.77. The number of aryl methyl sites for hydroxylation is 1. The number of aliphatic imine (C=N–C) groups is 1. The van der Waals surface area contributed by atoms with Gasteiger partial charge in [-0.15, -0.1) is 0 Å². The maximum absolute atomic E-state index is 12.8. The third-order valence-electron chi connectivity index (χ3n) is 3.94. The fourth-order valence-electron chi connectivity index (χ4n) is 2.49. The second-order valence-corrected chi connectivity index (χ2v) is 6.14. The standard InChI is InChI=1S/C19H17N3O3S/c1-12-3-7-14(8-4-12)22-18(24)16(17(23)21-19(22)26)11-20-13-5-9-15(25-2)10-6-13/h3-11,16H,1-2H3,(H,21,23,26)/t16-/m1/s1. The van der Waals surface area contributed by atoms with Gasteiger partial charge in [0.2, 0.25) is 5.91 Å². The van der Waals surface area contributed by atoms with Crippen LogP contribution in [0.1, 0.15) is 5.56 Å². The molecule has 3 rings (SSSR count). The summed E-state index contributed by atoms with van der Waals surface area (Å²) in [7, 11) is 1.58. The Kier molecular flexibility index (Phi) is 5.09. The maximum atomic E-state index is 12.8. The van der Waals surface area contributed by atoms with E-state index in [0.29, 0.717) is 17.1 Å². The SMILES string of the molecule is COc1ccc(N=C[C@@H]2C(=O)NC(=S)N(c3ccc(C)cc3)C2=O)cc1. The lowest BCUT2D eigenvalue weighted by Gasteiger charge is -2.30. The minimum atomic E-state index is -1.05. The van der Waals surface area contributed by atoms with Crippen LogP contribution in [0.25, 0.3) is 0 Å². The number of nitrogens with one attached hydrogen (secondary N) is 1. The fourth-order valence-corrected chi connectivity index (χ4v) is 2.79. The van der Waals surface area contributed by atoms with Crippen LogP contribution in [0.15, 0.2) is 53.5 Å². The van der Waals surface area contributed by atoms with Crippen LogP contribution in [0.5, 0.6) is 5.75 Å². The Labute approximate surface area is 156 Å². The van der Waals surface area contributed by atoms with Crippen LogP contribution in [-0.2, 0) is 9.59 Å². The molecule has 1 saturated heterocycles. The number of carbonyl (C=O) groups is 2. The first kappa shape index (κ1) is 17.8. The molecule has 6 nitrogen and oxygen atoms in total. The normalized spacial score (nSPS) is 17.5. The number of thiocarbonyl (C=S) groups is 1. The summed E-state index contributed by atoms with van der Waals surface area (Å²) in [6, 6.07) is 14.3. The first-order valence-corrected chi connectivity index (χ1v) is 8.34. The number of nitrogens with zero attached hydrogens (tertiary/aromatic N) is 2. The fraction of sp³-hybridized carbons (Fsp3) is 0.158. The molecule has 0 saturated carbocycles. The minimum Gasteiger partial charge on any atom is -0.497 e. The molecule has 0 aliphatic carbocycles. The summed E-state index contributed by atoms with van der Waals surface area (Å²) in [4.78, 5) is 30.6. The van der Waals surface area contributed by atoms with E-state index in [4.69, 9.17) is 17.0 Å². The quantitative estimate of drug-likeness (QED) is 0.512. The molecular formula is C19H17N3O3S. The van der Waals surface area contributed by atoms with E-state index in [9.17, 15) is 9.59 Å². The van der Waals surface area contributed by atoms with Crippen LogP contribution >= 0.6 is 12.2 Å². The second kappa shape index (κ2) is 7.45. The summed E-state index contributed by atoms with van der Waals surface area (Å²) in [5.74, 6) is -1.27. The van der Waals surface area contributed by atoms with E-state index in [1.165, 1.54) is 11.1 Å². The number of ether oxygens (including phenoxy) is 1. The van der Waals surface area contributed by atoms with Crippen LogP contribution in [0.2, 0.25) is 0 Å². The Morgan fingerprint density at radius 3 is 2.38 bits per heavy atom. The highest BCUT2D eigenvalue weighted by Gasteiger charge is 2.38. The van der Waals surface area contributed by atoms with Crippen molar-refractivity contribution in [2.45, 2.75) is 6.92 Å². The Morgan fingerprint density at radius 2 is 1.77 bits per heavy atom. The zero-order valence-electron chi connectivity index (χ0n) is 14.3. The Bertz CT molecular complexity index is 876.